The van der Waals surface area contributed by atoms with Crippen molar-refractivity contribution in [3.8, 4) is 11.1 Å². The summed E-state index contributed by atoms with van der Waals surface area (Å²) < 4.78 is 0. The van der Waals surface area contributed by atoms with E-state index >= 15 is 0 Å². The average Bonchev–Trinajstić information content (AvgIpc) is 3.56. The number of anilines is 2. The summed E-state index contributed by atoms with van der Waals surface area (Å²) >= 11 is 6.42. The van der Waals surface area contributed by atoms with Crippen molar-refractivity contribution in [2.45, 2.75) is 12.8 Å². The Morgan fingerprint density at radius 3 is 2.18 bits per heavy atom. The van der Waals surface area contributed by atoms with Crippen molar-refractivity contribution in [1.82, 2.24) is 0 Å². The van der Waals surface area contributed by atoms with Gasteiger partial charge in [-0.25, -0.2) is 4.79 Å². The van der Waals surface area contributed by atoms with Gasteiger partial charge in [0, 0.05) is 27.9 Å². The molecule has 4 rings (SSSR count). The maximum Gasteiger partial charge on any atom is 0.335 e. The molecule has 4 nitrogen and oxygen atoms in total. The van der Waals surface area contributed by atoms with E-state index in [1.54, 1.807) is 35.2 Å². The Balaban J connectivity index is 1.77. The van der Waals surface area contributed by atoms with Crippen molar-refractivity contribution in [3.05, 3.63) is 83.4 Å². The Hall–Kier alpha value is -3.11. The Morgan fingerprint density at radius 1 is 0.893 bits per heavy atom. The summed E-state index contributed by atoms with van der Waals surface area (Å²) in [5.41, 5.74) is 3.31. The second kappa shape index (κ2) is 7.49. The van der Waals surface area contributed by atoms with E-state index in [2.05, 4.69) is 0 Å². The molecule has 1 amide bonds. The van der Waals surface area contributed by atoms with Gasteiger partial charge in [0.2, 0.25) is 5.91 Å². The number of hydrogen-bond acceptors (Lipinski definition) is 2. The first-order chi connectivity index (χ1) is 13.5. The van der Waals surface area contributed by atoms with Crippen molar-refractivity contribution in [2.24, 2.45) is 5.92 Å². The predicted octanol–water partition coefficient (Wildman–Crippen LogP) is 5.78. The van der Waals surface area contributed by atoms with E-state index in [4.69, 9.17) is 16.7 Å². The zero-order chi connectivity index (χ0) is 19.7. The van der Waals surface area contributed by atoms with Crippen LogP contribution in [0.3, 0.4) is 0 Å². The molecule has 3 aromatic carbocycles. The molecule has 1 N–H and O–H groups in total. The predicted molar refractivity (Wildman–Crippen MR) is 110 cm³/mol. The van der Waals surface area contributed by atoms with Crippen molar-refractivity contribution < 1.29 is 14.7 Å². The number of halogens is 1. The highest BCUT2D eigenvalue weighted by Gasteiger charge is 2.35. The maximum absolute atomic E-state index is 13.0. The lowest BCUT2D eigenvalue weighted by Crippen LogP contribution is -2.27. The van der Waals surface area contributed by atoms with Crippen molar-refractivity contribution >= 4 is 34.9 Å². The number of aromatic carboxylic acids is 1. The Morgan fingerprint density at radius 2 is 1.57 bits per heavy atom. The fourth-order valence-electron chi connectivity index (χ4n) is 3.16. The Kier molecular flexibility index (Phi) is 4.88. The molecule has 140 valence electrons. The summed E-state index contributed by atoms with van der Waals surface area (Å²) in [7, 11) is 0. The number of carboxylic acids is 1. The summed E-state index contributed by atoms with van der Waals surface area (Å²) in [5, 5.41) is 9.63. The second-order valence-corrected chi connectivity index (χ2v) is 7.24. The molecule has 1 fully saturated rings. The number of amides is 1. The zero-order valence-corrected chi connectivity index (χ0v) is 15.8. The molecule has 0 heterocycles. The molecular formula is C23H18ClNO3. The fraction of sp³-hybridized carbons (Fsp3) is 0.130. The van der Waals surface area contributed by atoms with Crippen LogP contribution in [0.1, 0.15) is 23.2 Å². The second-order valence-electron chi connectivity index (χ2n) is 6.83. The molecule has 0 bridgehead atoms. The van der Waals surface area contributed by atoms with Crippen LogP contribution in [0.5, 0.6) is 0 Å². The average molecular weight is 392 g/mol. The number of nitrogens with zero attached hydrogens (tertiary/aromatic N) is 1. The van der Waals surface area contributed by atoms with E-state index in [-0.39, 0.29) is 17.4 Å². The van der Waals surface area contributed by atoms with Gasteiger partial charge in [-0.3, -0.25) is 9.69 Å². The Labute approximate surface area is 168 Å². The van der Waals surface area contributed by atoms with Gasteiger partial charge in [0.1, 0.15) is 0 Å². The van der Waals surface area contributed by atoms with Crippen LogP contribution < -0.4 is 4.90 Å². The molecule has 0 aromatic heterocycles. The lowest BCUT2D eigenvalue weighted by molar-refractivity contribution is -0.119. The molecule has 5 heteroatoms. The zero-order valence-electron chi connectivity index (χ0n) is 15.0. The first-order valence-electron chi connectivity index (χ1n) is 9.07. The maximum atomic E-state index is 13.0. The van der Waals surface area contributed by atoms with Crippen molar-refractivity contribution in [3.63, 3.8) is 0 Å². The number of rotatable bonds is 5. The third-order valence-electron chi connectivity index (χ3n) is 4.81. The highest BCUT2D eigenvalue weighted by atomic mass is 35.5. The highest BCUT2D eigenvalue weighted by molar-refractivity contribution is 6.33. The van der Waals surface area contributed by atoms with Gasteiger partial charge in [0.25, 0.3) is 0 Å². The minimum absolute atomic E-state index is 0.0641. The largest absolute Gasteiger partial charge is 0.478 e. The van der Waals surface area contributed by atoms with Gasteiger partial charge in [0.05, 0.1) is 5.56 Å². The van der Waals surface area contributed by atoms with Crippen LogP contribution in [-0.2, 0) is 4.79 Å². The molecule has 3 aromatic rings. The summed E-state index contributed by atoms with van der Waals surface area (Å²) in [5.74, 6) is -0.827. The van der Waals surface area contributed by atoms with E-state index in [0.29, 0.717) is 5.02 Å². The van der Waals surface area contributed by atoms with Gasteiger partial charge in [-0.15, -0.1) is 0 Å². The number of hydrogen-bond donors (Lipinski definition) is 1. The van der Waals surface area contributed by atoms with Gasteiger partial charge >= 0.3 is 5.97 Å². The first kappa shape index (κ1) is 18.3. The topological polar surface area (TPSA) is 57.6 Å². The Bertz CT molecular complexity index is 1030. The third-order valence-corrected chi connectivity index (χ3v) is 5.14. The minimum Gasteiger partial charge on any atom is -0.478 e. The normalized spacial score (nSPS) is 13.2. The number of carboxylic acid groups (broad SMARTS) is 1. The van der Waals surface area contributed by atoms with Crippen LogP contribution in [0.4, 0.5) is 11.4 Å². The molecule has 1 aliphatic rings. The first-order valence-corrected chi connectivity index (χ1v) is 9.44. The van der Waals surface area contributed by atoms with Crippen LogP contribution in [0, 0.1) is 5.92 Å². The lowest BCUT2D eigenvalue weighted by atomic mass is 10.0. The van der Waals surface area contributed by atoms with Crippen LogP contribution in [0.15, 0.2) is 72.8 Å². The summed E-state index contributed by atoms with van der Waals surface area (Å²) in [6.07, 6.45) is 1.83. The van der Waals surface area contributed by atoms with Crippen LogP contribution in [0.25, 0.3) is 11.1 Å². The molecule has 0 aliphatic heterocycles. The van der Waals surface area contributed by atoms with Gasteiger partial charge in [-0.05, 0) is 60.9 Å². The SMILES string of the molecule is O=C(O)c1ccc(-c2cc(N(C(=O)C3CC3)c3ccccc3)ccc2Cl)cc1. The van der Waals surface area contributed by atoms with Crippen LogP contribution in [-0.4, -0.2) is 17.0 Å². The highest BCUT2D eigenvalue weighted by Crippen LogP contribution is 2.39. The molecular weight excluding hydrogens is 374 g/mol. The third kappa shape index (κ3) is 3.64. The molecule has 0 unspecified atom stereocenters. The molecule has 0 spiro atoms. The van der Waals surface area contributed by atoms with E-state index in [0.717, 1.165) is 35.3 Å². The fourth-order valence-corrected chi connectivity index (χ4v) is 3.39. The summed E-state index contributed by atoms with van der Waals surface area (Å²) in [6, 6.07) is 21.6. The van der Waals surface area contributed by atoms with E-state index in [9.17, 15) is 9.59 Å². The number of para-hydroxylation sites is 1. The molecule has 0 radical (unpaired) electrons. The van der Waals surface area contributed by atoms with E-state index in [1.807, 2.05) is 42.5 Å². The van der Waals surface area contributed by atoms with Gasteiger partial charge in [0.15, 0.2) is 0 Å². The summed E-state index contributed by atoms with van der Waals surface area (Å²) in [4.78, 5) is 25.8. The molecule has 28 heavy (non-hydrogen) atoms. The van der Waals surface area contributed by atoms with Crippen LogP contribution >= 0.6 is 11.6 Å². The number of benzene rings is 3. The van der Waals surface area contributed by atoms with Crippen molar-refractivity contribution in [2.75, 3.05) is 4.90 Å². The standard InChI is InChI=1S/C23H18ClNO3/c24-21-13-12-19(14-20(21)15-6-10-17(11-7-15)23(27)28)25(22(26)16-8-9-16)18-4-2-1-3-5-18/h1-7,10-14,16H,8-9H2,(H,27,28). The van der Waals surface area contributed by atoms with Gasteiger partial charge in [-0.1, -0.05) is 41.9 Å². The monoisotopic (exact) mass is 391 g/mol. The van der Waals surface area contributed by atoms with E-state index < -0.39 is 5.97 Å². The van der Waals surface area contributed by atoms with E-state index in [1.165, 1.54) is 0 Å². The molecule has 1 aliphatic carbocycles. The van der Waals surface area contributed by atoms with Crippen LogP contribution in [0.2, 0.25) is 5.02 Å². The summed E-state index contributed by atoms with van der Waals surface area (Å²) in [6.45, 7) is 0. The molecule has 1 saturated carbocycles. The number of carbonyl (C=O) groups is 2. The molecule has 0 atom stereocenters. The quantitative estimate of drug-likeness (QED) is 0.599. The smallest absolute Gasteiger partial charge is 0.335 e. The number of carbonyl (C=O) groups excluding carboxylic acids is 1. The minimum atomic E-state index is -0.975. The van der Waals surface area contributed by atoms with Gasteiger partial charge < -0.3 is 5.11 Å². The van der Waals surface area contributed by atoms with Crippen molar-refractivity contribution in [1.29, 1.82) is 0 Å². The van der Waals surface area contributed by atoms with Gasteiger partial charge in [-0.2, -0.15) is 0 Å². The lowest BCUT2D eigenvalue weighted by Gasteiger charge is -2.24. The molecule has 0 saturated heterocycles.